The predicted molar refractivity (Wildman–Crippen MR) is 54.2 cm³/mol. The van der Waals surface area contributed by atoms with E-state index >= 15 is 0 Å². The Balaban J connectivity index is 2.36. The van der Waals surface area contributed by atoms with Gasteiger partial charge in [-0.2, -0.15) is 0 Å². The number of carbonyl (C=O) groups is 1. The molecule has 0 bridgehead atoms. The van der Waals surface area contributed by atoms with Crippen molar-refractivity contribution in [2.75, 3.05) is 5.32 Å². The highest BCUT2D eigenvalue weighted by Crippen LogP contribution is 2.20. The van der Waals surface area contributed by atoms with Crippen LogP contribution in [0, 0.1) is 6.92 Å². The second-order valence-corrected chi connectivity index (χ2v) is 2.97. The van der Waals surface area contributed by atoms with Crippen molar-refractivity contribution >= 4 is 12.1 Å². The number of hydrogen-bond donors (Lipinski definition) is 1. The summed E-state index contributed by atoms with van der Waals surface area (Å²) in [6.07, 6.45) is 0.623. The maximum atomic E-state index is 10.3. The number of anilines is 1. The zero-order valence-electron chi connectivity index (χ0n) is 8.10. The van der Waals surface area contributed by atoms with Crippen LogP contribution in [0.5, 0.6) is 0 Å². The van der Waals surface area contributed by atoms with Gasteiger partial charge in [0.25, 0.3) is 0 Å². The molecule has 0 aliphatic rings. The number of rotatable bonds is 3. The van der Waals surface area contributed by atoms with Crippen molar-refractivity contribution in [1.82, 2.24) is 10.2 Å². The summed E-state index contributed by atoms with van der Waals surface area (Å²) < 4.78 is 5.26. The third-order valence-corrected chi connectivity index (χ3v) is 1.86. The summed E-state index contributed by atoms with van der Waals surface area (Å²) in [5.41, 5.74) is 1.47. The molecule has 1 N–H and O–H groups in total. The minimum atomic E-state index is 0.446. The van der Waals surface area contributed by atoms with Crippen LogP contribution in [-0.4, -0.2) is 16.6 Å². The van der Waals surface area contributed by atoms with Crippen LogP contribution in [0.3, 0.4) is 0 Å². The van der Waals surface area contributed by atoms with Crippen molar-refractivity contribution in [3.05, 3.63) is 30.2 Å². The first-order valence-electron chi connectivity index (χ1n) is 4.40. The molecule has 15 heavy (non-hydrogen) atoms. The molecular formula is C10H9N3O2. The van der Waals surface area contributed by atoms with E-state index in [0.29, 0.717) is 23.9 Å². The van der Waals surface area contributed by atoms with Crippen LogP contribution in [0.4, 0.5) is 5.69 Å². The van der Waals surface area contributed by atoms with Gasteiger partial charge in [-0.05, 0) is 18.2 Å². The normalized spacial score (nSPS) is 9.93. The first-order chi connectivity index (χ1) is 7.29. The topological polar surface area (TPSA) is 68.0 Å². The van der Waals surface area contributed by atoms with Crippen LogP contribution in [0.1, 0.15) is 5.89 Å². The van der Waals surface area contributed by atoms with Gasteiger partial charge in [0.2, 0.25) is 18.2 Å². The van der Waals surface area contributed by atoms with Gasteiger partial charge < -0.3 is 9.73 Å². The Kier molecular flexibility index (Phi) is 2.45. The second-order valence-electron chi connectivity index (χ2n) is 2.97. The van der Waals surface area contributed by atoms with Crippen molar-refractivity contribution in [3.63, 3.8) is 0 Å². The van der Waals surface area contributed by atoms with Gasteiger partial charge in [0.15, 0.2) is 0 Å². The molecule has 2 rings (SSSR count). The zero-order valence-corrected chi connectivity index (χ0v) is 8.10. The molecule has 1 amide bonds. The molecule has 0 saturated carbocycles. The molecule has 0 saturated heterocycles. The largest absolute Gasteiger partial charge is 0.421 e. The Morgan fingerprint density at radius 2 is 2.27 bits per heavy atom. The van der Waals surface area contributed by atoms with Crippen molar-refractivity contribution in [2.24, 2.45) is 0 Å². The number of amides is 1. The highest BCUT2D eigenvalue weighted by molar-refractivity contribution is 5.74. The van der Waals surface area contributed by atoms with Crippen LogP contribution in [0.25, 0.3) is 11.5 Å². The molecule has 0 fully saturated rings. The van der Waals surface area contributed by atoms with Gasteiger partial charge in [-0.3, -0.25) is 4.79 Å². The van der Waals surface area contributed by atoms with Crippen LogP contribution < -0.4 is 5.32 Å². The number of carbonyl (C=O) groups excluding carboxylic acids is 1. The van der Waals surface area contributed by atoms with Crippen molar-refractivity contribution in [2.45, 2.75) is 6.92 Å². The number of aryl methyl sites for hydroxylation is 1. The average molecular weight is 203 g/mol. The summed E-state index contributed by atoms with van der Waals surface area (Å²) in [7, 11) is 0. The fourth-order valence-corrected chi connectivity index (χ4v) is 1.22. The lowest BCUT2D eigenvalue weighted by Gasteiger charge is -1.99. The SMILES string of the molecule is Cc1nnc(-c2cccc(NC=O)c2)o1. The molecule has 0 spiro atoms. The summed E-state index contributed by atoms with van der Waals surface area (Å²) in [6.45, 7) is 1.73. The van der Waals surface area contributed by atoms with Gasteiger partial charge in [0, 0.05) is 18.2 Å². The predicted octanol–water partition coefficient (Wildman–Crippen LogP) is 1.61. The minimum absolute atomic E-state index is 0.446. The number of nitrogens with one attached hydrogen (secondary N) is 1. The summed E-state index contributed by atoms with van der Waals surface area (Å²) in [5, 5.41) is 10.2. The first kappa shape index (κ1) is 9.39. The lowest BCUT2D eigenvalue weighted by molar-refractivity contribution is -0.105. The molecule has 1 aromatic heterocycles. The van der Waals surface area contributed by atoms with E-state index in [-0.39, 0.29) is 0 Å². The Bertz CT molecular complexity index is 479. The molecule has 1 heterocycles. The molecule has 5 heteroatoms. The molecule has 0 unspecified atom stereocenters. The standard InChI is InChI=1S/C10H9N3O2/c1-7-12-13-10(15-7)8-3-2-4-9(5-8)11-6-14/h2-6H,1H3,(H,11,14). The lowest BCUT2D eigenvalue weighted by Crippen LogP contribution is -1.93. The monoisotopic (exact) mass is 203 g/mol. The van der Waals surface area contributed by atoms with E-state index in [9.17, 15) is 4.79 Å². The van der Waals surface area contributed by atoms with E-state index in [0.717, 1.165) is 5.56 Å². The van der Waals surface area contributed by atoms with E-state index in [4.69, 9.17) is 4.42 Å². The Hall–Kier alpha value is -2.17. The van der Waals surface area contributed by atoms with Gasteiger partial charge in [-0.1, -0.05) is 6.07 Å². The number of benzene rings is 1. The van der Waals surface area contributed by atoms with Crippen LogP contribution >= 0.6 is 0 Å². The van der Waals surface area contributed by atoms with Crippen LogP contribution in [0.15, 0.2) is 28.7 Å². The quantitative estimate of drug-likeness (QED) is 0.769. The van der Waals surface area contributed by atoms with E-state index in [1.54, 1.807) is 25.1 Å². The van der Waals surface area contributed by atoms with Gasteiger partial charge in [0.1, 0.15) is 0 Å². The Morgan fingerprint density at radius 3 is 2.93 bits per heavy atom. The Morgan fingerprint density at radius 1 is 1.40 bits per heavy atom. The maximum Gasteiger partial charge on any atom is 0.247 e. The smallest absolute Gasteiger partial charge is 0.247 e. The summed E-state index contributed by atoms with van der Waals surface area (Å²) in [4.78, 5) is 10.3. The molecule has 0 aliphatic carbocycles. The molecule has 1 aromatic carbocycles. The van der Waals surface area contributed by atoms with Gasteiger partial charge in [-0.25, -0.2) is 0 Å². The molecule has 0 aliphatic heterocycles. The van der Waals surface area contributed by atoms with Gasteiger partial charge in [0.05, 0.1) is 0 Å². The highest BCUT2D eigenvalue weighted by Gasteiger charge is 2.05. The molecule has 5 nitrogen and oxygen atoms in total. The Labute approximate surface area is 86.1 Å². The third kappa shape index (κ3) is 2.01. The fraction of sp³-hybridized carbons (Fsp3) is 0.100. The maximum absolute atomic E-state index is 10.3. The third-order valence-electron chi connectivity index (χ3n) is 1.86. The summed E-state index contributed by atoms with van der Waals surface area (Å²) >= 11 is 0. The number of aromatic nitrogens is 2. The van der Waals surface area contributed by atoms with Crippen LogP contribution in [-0.2, 0) is 4.79 Å². The van der Waals surface area contributed by atoms with E-state index in [2.05, 4.69) is 15.5 Å². The molecule has 0 radical (unpaired) electrons. The van der Waals surface area contributed by atoms with E-state index < -0.39 is 0 Å². The average Bonchev–Trinajstić information content (AvgIpc) is 2.66. The van der Waals surface area contributed by atoms with Gasteiger partial charge in [-0.15, -0.1) is 10.2 Å². The minimum Gasteiger partial charge on any atom is -0.421 e. The van der Waals surface area contributed by atoms with E-state index in [1.165, 1.54) is 0 Å². The number of nitrogens with zero attached hydrogens (tertiary/aromatic N) is 2. The second kappa shape index (κ2) is 3.91. The molecule has 2 aromatic rings. The lowest BCUT2D eigenvalue weighted by atomic mass is 10.2. The highest BCUT2D eigenvalue weighted by atomic mass is 16.4. The van der Waals surface area contributed by atoms with Crippen LogP contribution in [0.2, 0.25) is 0 Å². The van der Waals surface area contributed by atoms with Crippen molar-refractivity contribution < 1.29 is 9.21 Å². The number of hydrogen-bond acceptors (Lipinski definition) is 4. The summed E-state index contributed by atoms with van der Waals surface area (Å²) in [6, 6.07) is 7.19. The van der Waals surface area contributed by atoms with Gasteiger partial charge >= 0.3 is 0 Å². The molecule has 76 valence electrons. The van der Waals surface area contributed by atoms with Crippen molar-refractivity contribution in [3.8, 4) is 11.5 Å². The molecule has 0 atom stereocenters. The zero-order chi connectivity index (χ0) is 10.7. The fourth-order valence-electron chi connectivity index (χ4n) is 1.22. The summed E-state index contributed by atoms with van der Waals surface area (Å²) in [5.74, 6) is 0.959. The van der Waals surface area contributed by atoms with E-state index in [1.807, 2.05) is 6.07 Å². The molecular weight excluding hydrogens is 194 g/mol. The van der Waals surface area contributed by atoms with Crippen molar-refractivity contribution in [1.29, 1.82) is 0 Å². The first-order valence-corrected chi connectivity index (χ1v) is 4.40.